The molecule has 3 aromatic rings. The largest absolute Gasteiger partial charge is 0.330 e. The van der Waals surface area contributed by atoms with E-state index in [0.29, 0.717) is 5.69 Å². The van der Waals surface area contributed by atoms with Gasteiger partial charge in [0.25, 0.3) is 5.91 Å². The lowest BCUT2D eigenvalue weighted by atomic mass is 9.96. The van der Waals surface area contributed by atoms with Gasteiger partial charge in [0, 0.05) is 31.0 Å². The van der Waals surface area contributed by atoms with Crippen LogP contribution in [0.5, 0.6) is 0 Å². The first kappa shape index (κ1) is 20.0. The molecule has 0 saturated carbocycles. The summed E-state index contributed by atoms with van der Waals surface area (Å²) in [6.45, 7) is 3.81. The molecule has 160 valence electrons. The highest BCUT2D eigenvalue weighted by molar-refractivity contribution is 5.94. The molecule has 4 heterocycles. The van der Waals surface area contributed by atoms with Crippen molar-refractivity contribution in [1.82, 2.24) is 19.4 Å². The summed E-state index contributed by atoms with van der Waals surface area (Å²) in [6, 6.07) is 12.6. The zero-order valence-corrected chi connectivity index (χ0v) is 18.3. The molecule has 0 unspecified atom stereocenters. The van der Waals surface area contributed by atoms with Crippen molar-refractivity contribution in [2.24, 2.45) is 0 Å². The molecule has 5 heteroatoms. The molecule has 0 aliphatic carbocycles. The van der Waals surface area contributed by atoms with Gasteiger partial charge in [0.15, 0.2) is 0 Å². The smallest absolute Gasteiger partial charge is 0.274 e. The first-order chi connectivity index (χ1) is 15.2. The highest BCUT2D eigenvalue weighted by Crippen LogP contribution is 2.34. The molecule has 0 spiro atoms. The number of benzene rings is 1. The number of fused-ring (bicyclic) bond motifs is 1. The van der Waals surface area contributed by atoms with E-state index in [4.69, 9.17) is 4.98 Å². The Balaban J connectivity index is 1.56. The summed E-state index contributed by atoms with van der Waals surface area (Å²) in [6.07, 6.45) is 11.2. The lowest BCUT2D eigenvalue weighted by molar-refractivity contribution is 0.0604. The number of nitrogens with zero attached hydrogens (tertiary/aromatic N) is 4. The molecule has 1 amide bonds. The first-order valence-corrected chi connectivity index (χ1v) is 11.6. The molecule has 2 aliphatic rings. The number of carbonyl (C=O) groups is 1. The number of carbonyl (C=O) groups excluding carboxylic acids is 1. The van der Waals surface area contributed by atoms with E-state index in [1.807, 2.05) is 17.2 Å². The highest BCUT2D eigenvalue weighted by atomic mass is 16.2. The fourth-order valence-electron chi connectivity index (χ4n) is 5.04. The van der Waals surface area contributed by atoms with Crippen LogP contribution < -0.4 is 0 Å². The summed E-state index contributed by atoms with van der Waals surface area (Å²) in [5.74, 6) is 1.02. The number of piperidine rings is 1. The Kier molecular flexibility index (Phi) is 5.58. The van der Waals surface area contributed by atoms with E-state index in [1.54, 1.807) is 6.20 Å². The molecule has 5 nitrogen and oxygen atoms in total. The standard InChI is InChI=1S/C26H30N4O/c1-19-11-13-20(14-12-19)25-28-24(23-10-3-2-5-16-29(23)25)26(31)30-17-6-4-9-22(30)21-8-7-15-27-18-21/h7-8,11-15,18,22H,2-6,9-10,16-17H2,1H3/t22-/m0/s1. The third-order valence-electron chi connectivity index (χ3n) is 6.71. The molecule has 5 rings (SSSR count). The Bertz CT molecular complexity index is 1060. The molecule has 0 bridgehead atoms. The molecule has 31 heavy (non-hydrogen) atoms. The van der Waals surface area contributed by atoms with E-state index in [1.165, 1.54) is 12.0 Å². The van der Waals surface area contributed by atoms with Gasteiger partial charge in [0.2, 0.25) is 0 Å². The summed E-state index contributed by atoms with van der Waals surface area (Å²) < 4.78 is 2.31. The normalized spacial score (nSPS) is 19.0. The van der Waals surface area contributed by atoms with Gasteiger partial charge in [-0.1, -0.05) is 42.3 Å². The van der Waals surface area contributed by atoms with E-state index >= 15 is 0 Å². The average molecular weight is 415 g/mol. The fraction of sp³-hybridized carbons (Fsp3) is 0.423. The number of amides is 1. The van der Waals surface area contributed by atoms with Crippen molar-refractivity contribution in [2.75, 3.05) is 6.54 Å². The highest BCUT2D eigenvalue weighted by Gasteiger charge is 2.33. The molecule has 0 N–H and O–H groups in total. The summed E-state index contributed by atoms with van der Waals surface area (Å²) >= 11 is 0. The molecule has 1 fully saturated rings. The maximum Gasteiger partial charge on any atom is 0.274 e. The molecule has 1 atom stereocenters. The lowest BCUT2D eigenvalue weighted by Crippen LogP contribution is -2.39. The van der Waals surface area contributed by atoms with Crippen molar-refractivity contribution < 1.29 is 4.79 Å². The maximum atomic E-state index is 13.9. The van der Waals surface area contributed by atoms with E-state index < -0.39 is 0 Å². The molecule has 1 saturated heterocycles. The second kappa shape index (κ2) is 8.66. The van der Waals surface area contributed by atoms with Crippen LogP contribution in [-0.2, 0) is 13.0 Å². The summed E-state index contributed by atoms with van der Waals surface area (Å²) in [4.78, 5) is 25.2. The van der Waals surface area contributed by atoms with Crippen molar-refractivity contribution in [3.63, 3.8) is 0 Å². The van der Waals surface area contributed by atoms with Crippen molar-refractivity contribution in [3.05, 3.63) is 71.3 Å². The van der Waals surface area contributed by atoms with Crippen LogP contribution in [-0.4, -0.2) is 31.9 Å². The predicted octanol–water partition coefficient (Wildman–Crippen LogP) is 5.35. The Hall–Kier alpha value is -2.95. The minimum Gasteiger partial charge on any atom is -0.330 e. The summed E-state index contributed by atoms with van der Waals surface area (Å²) in [5, 5.41) is 0. The van der Waals surface area contributed by atoms with Crippen molar-refractivity contribution in [2.45, 2.75) is 64.5 Å². The van der Waals surface area contributed by atoms with Gasteiger partial charge in [-0.25, -0.2) is 4.98 Å². The van der Waals surface area contributed by atoms with Crippen LogP contribution in [0.2, 0.25) is 0 Å². The van der Waals surface area contributed by atoms with Crippen LogP contribution in [0, 0.1) is 6.92 Å². The number of likely N-dealkylation sites (tertiary alicyclic amines) is 1. The SMILES string of the molecule is Cc1ccc(-c2nc(C(=O)N3CCCC[C@H]3c3cccnc3)c3n2CCCCC3)cc1. The van der Waals surface area contributed by atoms with Gasteiger partial charge in [-0.15, -0.1) is 0 Å². The van der Waals surface area contributed by atoms with Crippen LogP contribution in [0.15, 0.2) is 48.8 Å². The minimum atomic E-state index is 0.0811. The van der Waals surface area contributed by atoms with Crippen molar-refractivity contribution >= 4 is 5.91 Å². The van der Waals surface area contributed by atoms with Gasteiger partial charge in [-0.2, -0.15) is 0 Å². The summed E-state index contributed by atoms with van der Waals surface area (Å²) in [7, 11) is 0. The number of pyridine rings is 1. The van der Waals surface area contributed by atoms with Gasteiger partial charge in [0.1, 0.15) is 11.5 Å². The third kappa shape index (κ3) is 3.89. The first-order valence-electron chi connectivity index (χ1n) is 11.6. The van der Waals surface area contributed by atoms with Gasteiger partial charge < -0.3 is 9.47 Å². The topological polar surface area (TPSA) is 51.0 Å². The molecule has 2 aliphatic heterocycles. The lowest BCUT2D eigenvalue weighted by Gasteiger charge is -2.35. The van der Waals surface area contributed by atoms with Crippen molar-refractivity contribution in [3.8, 4) is 11.4 Å². The third-order valence-corrected chi connectivity index (χ3v) is 6.71. The van der Waals surface area contributed by atoms with Gasteiger partial charge in [0.05, 0.1) is 11.7 Å². The van der Waals surface area contributed by atoms with Crippen LogP contribution >= 0.6 is 0 Å². The van der Waals surface area contributed by atoms with Gasteiger partial charge >= 0.3 is 0 Å². The minimum absolute atomic E-state index is 0.0811. The second-order valence-corrected chi connectivity index (χ2v) is 8.86. The van der Waals surface area contributed by atoms with Crippen LogP contribution in [0.4, 0.5) is 0 Å². The van der Waals surface area contributed by atoms with Crippen LogP contribution in [0.1, 0.15) is 71.9 Å². The van der Waals surface area contributed by atoms with E-state index in [9.17, 15) is 4.79 Å². The summed E-state index contributed by atoms with van der Waals surface area (Å²) in [5.41, 5.74) is 5.23. The zero-order valence-electron chi connectivity index (χ0n) is 18.3. The van der Waals surface area contributed by atoms with Gasteiger partial charge in [-0.3, -0.25) is 9.78 Å². The number of aryl methyl sites for hydroxylation is 1. The Morgan fingerprint density at radius 3 is 2.65 bits per heavy atom. The molecule has 2 aromatic heterocycles. The van der Waals surface area contributed by atoms with Crippen LogP contribution in [0.25, 0.3) is 11.4 Å². The predicted molar refractivity (Wildman–Crippen MR) is 122 cm³/mol. The Morgan fingerprint density at radius 2 is 1.84 bits per heavy atom. The van der Waals surface area contributed by atoms with E-state index in [0.717, 1.165) is 74.3 Å². The fourth-order valence-corrected chi connectivity index (χ4v) is 5.04. The monoisotopic (exact) mass is 414 g/mol. The quantitative estimate of drug-likeness (QED) is 0.581. The molecular weight excluding hydrogens is 384 g/mol. The van der Waals surface area contributed by atoms with Crippen LogP contribution in [0.3, 0.4) is 0 Å². The zero-order chi connectivity index (χ0) is 21.2. The number of hydrogen-bond acceptors (Lipinski definition) is 3. The number of aromatic nitrogens is 3. The van der Waals surface area contributed by atoms with Crippen molar-refractivity contribution in [1.29, 1.82) is 0 Å². The maximum absolute atomic E-state index is 13.9. The number of rotatable bonds is 3. The average Bonchev–Trinajstić information content (AvgIpc) is 3.00. The number of imidazole rings is 1. The molecular formula is C26H30N4O. The van der Waals surface area contributed by atoms with E-state index in [2.05, 4.69) is 46.8 Å². The molecule has 0 radical (unpaired) electrons. The van der Waals surface area contributed by atoms with E-state index in [-0.39, 0.29) is 11.9 Å². The Labute approximate surface area is 184 Å². The van der Waals surface area contributed by atoms with Gasteiger partial charge in [-0.05, 0) is 57.1 Å². The number of hydrogen-bond donors (Lipinski definition) is 0. The molecule has 1 aromatic carbocycles. The second-order valence-electron chi connectivity index (χ2n) is 8.86. The Morgan fingerprint density at radius 1 is 1.00 bits per heavy atom.